The molecule has 2 aliphatic rings. The monoisotopic (exact) mass is 343 g/mol. The van der Waals surface area contributed by atoms with E-state index in [4.69, 9.17) is 0 Å². The summed E-state index contributed by atoms with van der Waals surface area (Å²) in [7, 11) is -3.40. The number of benzene rings is 2. The van der Waals surface area contributed by atoms with Crippen LogP contribution in [0.5, 0.6) is 0 Å². The van der Waals surface area contributed by atoms with Crippen LogP contribution in [0.2, 0.25) is 0 Å². The van der Waals surface area contributed by atoms with Crippen molar-refractivity contribution in [2.24, 2.45) is 0 Å². The van der Waals surface area contributed by atoms with Crippen LogP contribution in [0.3, 0.4) is 0 Å². The van der Waals surface area contributed by atoms with Gasteiger partial charge in [0.05, 0.1) is 4.90 Å². The van der Waals surface area contributed by atoms with Crippen LogP contribution < -0.4 is 15.5 Å². The Kier molecular flexibility index (Phi) is 3.94. The summed E-state index contributed by atoms with van der Waals surface area (Å²) in [6.45, 7) is 3.83. The highest BCUT2D eigenvalue weighted by Gasteiger charge is 2.32. The predicted molar refractivity (Wildman–Crippen MR) is 96.3 cm³/mol. The van der Waals surface area contributed by atoms with E-state index in [0.717, 1.165) is 43.1 Å². The van der Waals surface area contributed by atoms with Crippen molar-refractivity contribution in [2.75, 3.05) is 36.4 Å². The molecule has 2 aromatic carbocycles. The number of piperazine rings is 1. The molecule has 1 atom stereocenters. The second-order valence-corrected chi connectivity index (χ2v) is 8.40. The van der Waals surface area contributed by atoms with Crippen molar-refractivity contribution in [3.63, 3.8) is 0 Å². The van der Waals surface area contributed by atoms with Crippen molar-refractivity contribution in [3.05, 3.63) is 54.1 Å². The molecule has 4 rings (SSSR count). The Morgan fingerprint density at radius 2 is 1.67 bits per heavy atom. The molecule has 5 nitrogen and oxygen atoms in total. The first-order valence-electron chi connectivity index (χ1n) is 8.29. The van der Waals surface area contributed by atoms with Gasteiger partial charge in [-0.1, -0.05) is 18.2 Å². The van der Waals surface area contributed by atoms with Gasteiger partial charge in [0.1, 0.15) is 5.37 Å². The molecule has 24 heavy (non-hydrogen) atoms. The van der Waals surface area contributed by atoms with Crippen molar-refractivity contribution in [1.29, 1.82) is 0 Å². The predicted octanol–water partition coefficient (Wildman–Crippen LogP) is 1.86. The van der Waals surface area contributed by atoms with E-state index in [1.807, 2.05) is 36.4 Å². The fraction of sp³-hybridized carbons (Fsp3) is 0.333. The molecule has 0 amide bonds. The first-order chi connectivity index (χ1) is 11.6. The maximum atomic E-state index is 12.9. The van der Waals surface area contributed by atoms with Gasteiger partial charge in [0.25, 0.3) is 0 Å². The second-order valence-electron chi connectivity index (χ2n) is 6.27. The van der Waals surface area contributed by atoms with E-state index in [0.29, 0.717) is 11.3 Å². The minimum atomic E-state index is -3.40. The second kappa shape index (κ2) is 6.11. The Morgan fingerprint density at radius 1 is 0.958 bits per heavy atom. The highest BCUT2D eigenvalue weighted by Crippen LogP contribution is 2.31. The number of para-hydroxylation sites is 1. The van der Waals surface area contributed by atoms with Crippen LogP contribution in [-0.4, -0.2) is 40.0 Å². The molecule has 2 aromatic rings. The lowest BCUT2D eigenvalue weighted by Crippen LogP contribution is -2.43. The molecule has 0 radical (unpaired) electrons. The molecule has 2 N–H and O–H groups in total. The van der Waals surface area contributed by atoms with Crippen LogP contribution in [0.1, 0.15) is 5.56 Å². The molecule has 0 aliphatic carbocycles. The van der Waals surface area contributed by atoms with Crippen LogP contribution in [0.4, 0.5) is 11.4 Å². The van der Waals surface area contributed by atoms with Crippen LogP contribution in [0, 0.1) is 0 Å². The van der Waals surface area contributed by atoms with Crippen LogP contribution in [0.25, 0.3) is 0 Å². The van der Waals surface area contributed by atoms with Gasteiger partial charge in [-0.25, -0.2) is 8.42 Å². The molecule has 0 bridgehead atoms. The van der Waals surface area contributed by atoms with Gasteiger partial charge in [-0.3, -0.25) is 0 Å². The van der Waals surface area contributed by atoms with Gasteiger partial charge in [-0.05, 0) is 35.9 Å². The maximum absolute atomic E-state index is 12.9. The average Bonchev–Trinajstić information content (AvgIpc) is 3.08. The third kappa shape index (κ3) is 2.76. The van der Waals surface area contributed by atoms with Gasteiger partial charge in [0.15, 0.2) is 9.84 Å². The van der Waals surface area contributed by atoms with E-state index in [1.54, 1.807) is 12.1 Å². The Morgan fingerprint density at radius 3 is 2.38 bits per heavy atom. The Hall–Kier alpha value is -2.05. The molecular formula is C18H21N3O2S. The van der Waals surface area contributed by atoms with Crippen molar-refractivity contribution >= 4 is 21.2 Å². The highest BCUT2D eigenvalue weighted by molar-refractivity contribution is 7.92. The van der Waals surface area contributed by atoms with E-state index in [2.05, 4.69) is 15.5 Å². The molecule has 2 aliphatic heterocycles. The van der Waals surface area contributed by atoms with E-state index in [9.17, 15) is 8.42 Å². The highest BCUT2D eigenvalue weighted by atomic mass is 32.2. The number of hydrogen-bond donors (Lipinski definition) is 2. The smallest absolute Gasteiger partial charge is 0.199 e. The van der Waals surface area contributed by atoms with Gasteiger partial charge < -0.3 is 15.5 Å². The van der Waals surface area contributed by atoms with Crippen molar-refractivity contribution in [2.45, 2.75) is 16.7 Å². The summed E-state index contributed by atoms with van der Waals surface area (Å²) in [5.41, 5.74) is 3.06. The van der Waals surface area contributed by atoms with Gasteiger partial charge in [0.2, 0.25) is 0 Å². The molecule has 0 aromatic heterocycles. The summed E-state index contributed by atoms with van der Waals surface area (Å²) in [6, 6.07) is 15.1. The molecule has 0 saturated carbocycles. The SMILES string of the molecule is O=S(=O)(c1ccc(N2CCNCC2)cc1)C1Cc2ccccc2N1. The zero-order valence-corrected chi connectivity index (χ0v) is 14.2. The van der Waals surface area contributed by atoms with Crippen molar-refractivity contribution in [1.82, 2.24) is 5.32 Å². The summed E-state index contributed by atoms with van der Waals surface area (Å²) in [4.78, 5) is 2.66. The van der Waals surface area contributed by atoms with E-state index < -0.39 is 15.2 Å². The Bertz CT molecular complexity index is 803. The summed E-state index contributed by atoms with van der Waals surface area (Å²) < 4.78 is 25.8. The normalized spacial score (nSPS) is 20.5. The molecular weight excluding hydrogens is 322 g/mol. The fourth-order valence-electron chi connectivity index (χ4n) is 3.38. The zero-order valence-electron chi connectivity index (χ0n) is 13.4. The minimum Gasteiger partial charge on any atom is -0.369 e. The standard InChI is InChI=1S/C18H21N3O2S/c22-24(23,18-13-14-3-1-2-4-17(14)20-18)16-7-5-15(6-8-16)21-11-9-19-10-12-21/h1-8,18-20H,9-13H2. The number of rotatable bonds is 3. The average molecular weight is 343 g/mol. The number of nitrogens with one attached hydrogen (secondary N) is 2. The number of anilines is 2. The zero-order chi connectivity index (χ0) is 16.6. The summed E-state index contributed by atoms with van der Waals surface area (Å²) in [6.07, 6.45) is 0.512. The third-order valence-corrected chi connectivity index (χ3v) is 6.72. The molecule has 6 heteroatoms. The minimum absolute atomic E-state index is 0.381. The molecule has 1 unspecified atom stereocenters. The number of nitrogens with zero attached hydrogens (tertiary/aromatic N) is 1. The first-order valence-corrected chi connectivity index (χ1v) is 9.83. The van der Waals surface area contributed by atoms with Crippen LogP contribution in [-0.2, 0) is 16.3 Å². The first kappa shape index (κ1) is 15.5. The van der Waals surface area contributed by atoms with Gasteiger partial charge in [-0.15, -0.1) is 0 Å². The topological polar surface area (TPSA) is 61.4 Å². The molecule has 1 saturated heterocycles. The molecule has 1 fully saturated rings. The Labute approximate surface area is 142 Å². The van der Waals surface area contributed by atoms with E-state index in [-0.39, 0.29) is 0 Å². The van der Waals surface area contributed by atoms with Crippen LogP contribution >= 0.6 is 0 Å². The number of hydrogen-bond acceptors (Lipinski definition) is 5. The quantitative estimate of drug-likeness (QED) is 0.891. The van der Waals surface area contributed by atoms with E-state index >= 15 is 0 Å². The fourth-order valence-corrected chi connectivity index (χ4v) is 4.91. The van der Waals surface area contributed by atoms with Crippen molar-refractivity contribution in [3.8, 4) is 0 Å². The lowest BCUT2D eigenvalue weighted by atomic mass is 10.2. The Balaban J connectivity index is 1.55. The lowest BCUT2D eigenvalue weighted by Gasteiger charge is -2.29. The summed E-state index contributed by atoms with van der Waals surface area (Å²) in [5, 5.41) is 5.88. The third-order valence-electron chi connectivity index (χ3n) is 4.76. The van der Waals surface area contributed by atoms with Crippen LogP contribution in [0.15, 0.2) is 53.4 Å². The summed E-state index contributed by atoms with van der Waals surface area (Å²) >= 11 is 0. The van der Waals surface area contributed by atoms with E-state index in [1.165, 1.54) is 0 Å². The molecule has 0 spiro atoms. The summed E-state index contributed by atoms with van der Waals surface area (Å²) in [5.74, 6) is 0. The maximum Gasteiger partial charge on any atom is 0.199 e. The lowest BCUT2D eigenvalue weighted by molar-refractivity contribution is 0.585. The largest absolute Gasteiger partial charge is 0.369 e. The number of sulfone groups is 1. The van der Waals surface area contributed by atoms with Gasteiger partial charge in [-0.2, -0.15) is 0 Å². The van der Waals surface area contributed by atoms with Gasteiger partial charge >= 0.3 is 0 Å². The molecule has 126 valence electrons. The van der Waals surface area contributed by atoms with Crippen molar-refractivity contribution < 1.29 is 8.42 Å². The molecule has 2 heterocycles. The van der Waals surface area contributed by atoms with Gasteiger partial charge in [0, 0.05) is 44.0 Å². The number of fused-ring (bicyclic) bond motifs is 1.